The topological polar surface area (TPSA) is 166 Å². The Morgan fingerprint density at radius 1 is 1.10 bits per heavy atom. The van der Waals surface area contributed by atoms with Crippen molar-refractivity contribution in [3.8, 4) is 0 Å². The van der Waals surface area contributed by atoms with Crippen LogP contribution >= 0.6 is 0 Å². The maximum Gasteiger partial charge on any atom is 0.326 e. The number of benzene rings is 2. The van der Waals surface area contributed by atoms with Crippen LogP contribution in [0.15, 0.2) is 64.5 Å². The molecule has 13 heteroatoms. The molecule has 0 aromatic heterocycles. The van der Waals surface area contributed by atoms with Gasteiger partial charge in [0.2, 0.25) is 15.9 Å². The van der Waals surface area contributed by atoms with Crippen LogP contribution in [0.2, 0.25) is 0 Å². The second kappa shape index (κ2) is 14.2. The van der Waals surface area contributed by atoms with Crippen molar-refractivity contribution in [3.05, 3.63) is 65.7 Å². The molecule has 0 unspecified atom stereocenters. The molecule has 2 atom stereocenters. The van der Waals surface area contributed by atoms with E-state index in [0.29, 0.717) is 24.9 Å². The maximum atomic E-state index is 13.0. The van der Waals surface area contributed by atoms with Gasteiger partial charge in [-0.3, -0.25) is 14.6 Å². The predicted molar refractivity (Wildman–Crippen MR) is 151 cm³/mol. The molecule has 0 saturated carbocycles. The van der Waals surface area contributed by atoms with Crippen LogP contribution in [0, 0.1) is 0 Å². The first-order chi connectivity index (χ1) is 19.7. The second-order valence-corrected chi connectivity index (χ2v) is 11.8. The van der Waals surface area contributed by atoms with E-state index >= 15 is 0 Å². The molecule has 2 aliphatic heterocycles. The van der Waals surface area contributed by atoms with Crippen LogP contribution in [0.3, 0.4) is 0 Å². The van der Waals surface area contributed by atoms with E-state index in [9.17, 15) is 27.9 Å². The first-order valence-corrected chi connectivity index (χ1v) is 15.0. The molecule has 2 aromatic rings. The molecule has 41 heavy (non-hydrogen) atoms. The van der Waals surface area contributed by atoms with Crippen molar-refractivity contribution in [1.82, 2.24) is 20.3 Å². The lowest BCUT2D eigenvalue weighted by molar-refractivity contribution is -0.142. The summed E-state index contributed by atoms with van der Waals surface area (Å²) in [5.41, 5.74) is 1.46. The molecule has 2 aliphatic rings. The van der Waals surface area contributed by atoms with Gasteiger partial charge < -0.3 is 25.8 Å². The van der Waals surface area contributed by atoms with Crippen LogP contribution in [0.1, 0.15) is 30.4 Å². The van der Waals surface area contributed by atoms with Crippen LogP contribution < -0.4 is 16.0 Å². The number of sulfonamides is 1. The highest BCUT2D eigenvalue weighted by Crippen LogP contribution is 2.22. The van der Waals surface area contributed by atoms with Crippen molar-refractivity contribution in [2.75, 3.05) is 33.0 Å². The molecule has 12 nitrogen and oxygen atoms in total. The van der Waals surface area contributed by atoms with Crippen LogP contribution in [-0.4, -0.2) is 86.5 Å². The number of hydrogen-bond donors (Lipinski definition) is 4. The fourth-order valence-corrected chi connectivity index (χ4v) is 6.03. The molecule has 4 rings (SSSR count). The van der Waals surface area contributed by atoms with Crippen LogP contribution in [0.5, 0.6) is 0 Å². The van der Waals surface area contributed by atoms with E-state index < -0.39 is 34.0 Å². The molecule has 0 spiro atoms. The zero-order chi connectivity index (χ0) is 29.2. The summed E-state index contributed by atoms with van der Waals surface area (Å²) in [5.74, 6) is -1.13. The summed E-state index contributed by atoms with van der Waals surface area (Å²) in [5, 5.41) is 18.6. The number of guanidine groups is 1. The Hall–Kier alpha value is -3.81. The van der Waals surface area contributed by atoms with E-state index in [4.69, 9.17) is 4.74 Å². The maximum absolute atomic E-state index is 13.0. The summed E-state index contributed by atoms with van der Waals surface area (Å²) in [6.07, 6.45) is 2.39. The predicted octanol–water partition coefficient (Wildman–Crippen LogP) is 0.676. The number of carboxylic acid groups (broad SMARTS) is 1. The third-order valence-corrected chi connectivity index (χ3v) is 8.64. The Morgan fingerprint density at radius 3 is 2.51 bits per heavy atom. The molecule has 0 aliphatic carbocycles. The molecule has 1 saturated heterocycles. The standard InChI is InChI=1S/C28H35N5O7S/c34-22(6-4-13-29-28-30-14-5-15-31-28)16-20-9-11-21(12-10-20)17-24(27(36)37)32-26(35)25-18-40-19-33(25)41(38,39)23-7-2-1-3-8-23/h1-3,7-12,24-25H,4-6,13-19H2,(H,32,35)(H,36,37)(H2,29,30,31)/t24-,25-/m0/s1. The number of ether oxygens (including phenoxy) is 1. The number of nitrogens with zero attached hydrogens (tertiary/aromatic N) is 2. The second-order valence-electron chi connectivity index (χ2n) is 9.90. The molecule has 0 bridgehead atoms. The van der Waals surface area contributed by atoms with Crippen molar-refractivity contribution in [2.45, 2.75) is 49.1 Å². The Labute approximate surface area is 239 Å². The minimum atomic E-state index is -4.01. The number of carboxylic acids is 1. The molecule has 2 heterocycles. The number of nitrogens with one attached hydrogen (secondary N) is 3. The minimum absolute atomic E-state index is 0.0139. The van der Waals surface area contributed by atoms with E-state index in [1.54, 1.807) is 42.5 Å². The Bertz CT molecular complexity index is 1350. The number of carbonyl (C=O) groups excluding carboxylic acids is 2. The average molecular weight is 586 g/mol. The summed E-state index contributed by atoms with van der Waals surface area (Å²) in [6, 6.07) is 12.2. The number of aliphatic carboxylic acids is 1. The Balaban J connectivity index is 1.28. The molecule has 1 fully saturated rings. The highest BCUT2D eigenvalue weighted by molar-refractivity contribution is 7.89. The van der Waals surface area contributed by atoms with Gasteiger partial charge in [0.25, 0.3) is 0 Å². The highest BCUT2D eigenvalue weighted by Gasteiger charge is 2.41. The molecule has 4 N–H and O–H groups in total. The number of hydrogen-bond acceptors (Lipinski definition) is 9. The van der Waals surface area contributed by atoms with Gasteiger partial charge in [-0.25, -0.2) is 13.2 Å². The summed E-state index contributed by atoms with van der Waals surface area (Å²) in [6.45, 7) is 1.86. The normalized spacial score (nSPS) is 18.1. The number of Topliss-reactive ketones (excluding diaryl/α,β-unsaturated/α-hetero) is 1. The first-order valence-electron chi connectivity index (χ1n) is 13.5. The van der Waals surface area contributed by atoms with Crippen molar-refractivity contribution < 1.29 is 32.6 Å². The van der Waals surface area contributed by atoms with E-state index in [0.717, 1.165) is 35.3 Å². The summed E-state index contributed by atoms with van der Waals surface area (Å²) < 4.78 is 32.2. The van der Waals surface area contributed by atoms with Gasteiger partial charge >= 0.3 is 5.97 Å². The largest absolute Gasteiger partial charge is 0.480 e. The first kappa shape index (κ1) is 30.2. The number of carbonyl (C=O) groups is 3. The third-order valence-electron chi connectivity index (χ3n) is 6.80. The van der Waals surface area contributed by atoms with Crippen LogP contribution in [0.25, 0.3) is 0 Å². The smallest absolute Gasteiger partial charge is 0.326 e. The Morgan fingerprint density at radius 2 is 1.83 bits per heavy atom. The van der Waals surface area contributed by atoms with Crippen LogP contribution in [0.4, 0.5) is 0 Å². The van der Waals surface area contributed by atoms with Gasteiger partial charge in [0.15, 0.2) is 5.96 Å². The third kappa shape index (κ3) is 8.35. The fraction of sp³-hybridized carbons (Fsp3) is 0.429. The highest BCUT2D eigenvalue weighted by atomic mass is 32.2. The quantitative estimate of drug-likeness (QED) is 0.247. The number of aliphatic imine (C=N–C) groups is 1. The van der Waals surface area contributed by atoms with E-state index in [1.807, 2.05) is 0 Å². The Kier molecular flexibility index (Phi) is 10.4. The lowest BCUT2D eigenvalue weighted by Crippen LogP contribution is -2.52. The molecule has 0 radical (unpaired) electrons. The van der Waals surface area contributed by atoms with Gasteiger partial charge in [-0.05, 0) is 36.1 Å². The number of ketones is 1. The number of amides is 1. The molecular weight excluding hydrogens is 550 g/mol. The van der Waals surface area contributed by atoms with Gasteiger partial charge in [0.1, 0.15) is 24.6 Å². The van der Waals surface area contributed by atoms with Gasteiger partial charge in [0, 0.05) is 38.9 Å². The molecule has 2 aromatic carbocycles. The van der Waals surface area contributed by atoms with Gasteiger partial charge in [-0.1, -0.05) is 42.5 Å². The van der Waals surface area contributed by atoms with Crippen LogP contribution in [-0.2, 0) is 42.0 Å². The minimum Gasteiger partial charge on any atom is -0.480 e. The van der Waals surface area contributed by atoms with Gasteiger partial charge in [-0.15, -0.1) is 0 Å². The molecule has 220 valence electrons. The SMILES string of the molecule is O=C(CCCNC1=NCCCN1)Cc1ccc(C[C@H](NC(=O)[C@@H]2COCN2S(=O)(=O)c2ccccc2)C(=O)O)cc1. The zero-order valence-electron chi connectivity index (χ0n) is 22.6. The lowest BCUT2D eigenvalue weighted by Gasteiger charge is -2.23. The summed E-state index contributed by atoms with van der Waals surface area (Å²) >= 11 is 0. The number of rotatable bonds is 13. The fourth-order valence-electron chi connectivity index (χ4n) is 4.55. The van der Waals surface area contributed by atoms with Crippen molar-refractivity contribution in [1.29, 1.82) is 0 Å². The summed E-state index contributed by atoms with van der Waals surface area (Å²) in [4.78, 5) is 41.7. The monoisotopic (exact) mass is 585 g/mol. The van der Waals surface area contributed by atoms with E-state index in [2.05, 4.69) is 20.9 Å². The van der Waals surface area contributed by atoms with E-state index in [-0.39, 0.29) is 36.9 Å². The van der Waals surface area contributed by atoms with Crippen molar-refractivity contribution >= 4 is 33.6 Å². The molecular formula is C28H35N5O7S. The van der Waals surface area contributed by atoms with Gasteiger partial charge in [0.05, 0.1) is 11.5 Å². The van der Waals surface area contributed by atoms with Crippen molar-refractivity contribution in [3.63, 3.8) is 0 Å². The molecule has 1 amide bonds. The summed E-state index contributed by atoms with van der Waals surface area (Å²) in [7, 11) is -4.01. The van der Waals surface area contributed by atoms with Crippen molar-refractivity contribution in [2.24, 2.45) is 4.99 Å². The zero-order valence-corrected chi connectivity index (χ0v) is 23.4. The van der Waals surface area contributed by atoms with Gasteiger partial charge in [-0.2, -0.15) is 4.31 Å². The van der Waals surface area contributed by atoms with E-state index in [1.165, 1.54) is 12.1 Å². The average Bonchev–Trinajstić information content (AvgIpc) is 3.48. The lowest BCUT2D eigenvalue weighted by atomic mass is 10.0.